The maximum atomic E-state index is 13.4. The maximum absolute atomic E-state index is 13.4. The van der Waals surface area contributed by atoms with E-state index in [0.717, 1.165) is 0 Å². The van der Waals surface area contributed by atoms with Gasteiger partial charge in [0.05, 0.1) is 32.7 Å². The minimum absolute atomic E-state index is 0.0726. The lowest BCUT2D eigenvalue weighted by Gasteiger charge is -2.35. The molecule has 1 aliphatic carbocycles. The quantitative estimate of drug-likeness (QED) is 0.279. The fourth-order valence-electron chi connectivity index (χ4n) is 5.33. The first kappa shape index (κ1) is 30.1. The SMILES string of the molecule is Cn1c(Cc2c(Cl)ccc(CNC(=O)C3(C(F)(F)F)CC3)c2Cl)nc2cc(Cl)c(N3CCCC(C(F)(F)F)C3)cc21. The fourth-order valence-corrected chi connectivity index (χ4v) is 6.18. The first-order chi connectivity index (χ1) is 19.1. The highest BCUT2D eigenvalue weighted by molar-refractivity contribution is 6.36. The highest BCUT2D eigenvalue weighted by Crippen LogP contribution is 2.57. The number of carbonyl (C=O) groups excluding carboxylic acids is 1. The van der Waals surface area contributed by atoms with Crippen molar-refractivity contribution in [3.05, 3.63) is 56.3 Å². The number of imidazole rings is 1. The van der Waals surface area contributed by atoms with Crippen LogP contribution in [0.1, 0.15) is 42.6 Å². The van der Waals surface area contributed by atoms with E-state index in [2.05, 4.69) is 10.3 Å². The van der Waals surface area contributed by atoms with E-state index in [1.807, 2.05) is 0 Å². The number of rotatable bonds is 6. The van der Waals surface area contributed by atoms with Crippen molar-refractivity contribution in [2.45, 2.75) is 51.0 Å². The molecule has 2 fully saturated rings. The molecule has 1 saturated heterocycles. The standard InChI is InChI=1S/C27H25Cl3F6N4O/c1-39-21-11-20(40-8-2-3-15(13-40)26(31,32)33)18(29)10-19(21)38-22(39)9-16-17(28)5-4-14(23(16)30)12-37-24(41)25(6-7-25)27(34,35)36/h4-5,10-11,15H,2-3,6-9,12-13H2,1H3,(H,37,41). The number of amides is 1. The Morgan fingerprint density at radius 1 is 1.10 bits per heavy atom. The van der Waals surface area contributed by atoms with Gasteiger partial charge in [-0.2, -0.15) is 26.3 Å². The molecule has 2 aliphatic rings. The van der Waals surface area contributed by atoms with Crippen LogP contribution in [0.2, 0.25) is 15.1 Å². The van der Waals surface area contributed by atoms with E-state index in [-0.39, 0.29) is 48.8 Å². The largest absolute Gasteiger partial charge is 0.403 e. The summed E-state index contributed by atoms with van der Waals surface area (Å²) in [6.07, 6.45) is -8.80. The highest BCUT2D eigenvalue weighted by atomic mass is 35.5. The number of hydrogen-bond acceptors (Lipinski definition) is 3. The van der Waals surface area contributed by atoms with Gasteiger partial charge < -0.3 is 14.8 Å². The molecule has 3 aromatic rings. The van der Waals surface area contributed by atoms with E-state index in [1.165, 1.54) is 6.07 Å². The van der Waals surface area contributed by atoms with Gasteiger partial charge >= 0.3 is 12.4 Å². The van der Waals surface area contributed by atoms with E-state index in [9.17, 15) is 31.1 Å². The summed E-state index contributed by atoms with van der Waals surface area (Å²) < 4.78 is 81.8. The van der Waals surface area contributed by atoms with Crippen molar-refractivity contribution in [2.75, 3.05) is 18.0 Å². The molecule has 1 aliphatic heterocycles. The first-order valence-electron chi connectivity index (χ1n) is 12.9. The molecule has 0 spiro atoms. The summed E-state index contributed by atoms with van der Waals surface area (Å²) >= 11 is 19.5. The van der Waals surface area contributed by atoms with Gasteiger partial charge in [-0.3, -0.25) is 4.79 Å². The molecule has 1 saturated carbocycles. The van der Waals surface area contributed by atoms with Gasteiger partial charge in [-0.15, -0.1) is 0 Å². The van der Waals surface area contributed by atoms with Gasteiger partial charge in [0.15, 0.2) is 0 Å². The number of carbonyl (C=O) groups is 1. The van der Waals surface area contributed by atoms with Crippen LogP contribution in [-0.2, 0) is 24.8 Å². The van der Waals surface area contributed by atoms with E-state index in [0.29, 0.717) is 51.7 Å². The van der Waals surface area contributed by atoms with Crippen molar-refractivity contribution in [3.8, 4) is 0 Å². The zero-order valence-corrected chi connectivity index (χ0v) is 24.0. The summed E-state index contributed by atoms with van der Waals surface area (Å²) in [5, 5.41) is 3.12. The van der Waals surface area contributed by atoms with Crippen molar-refractivity contribution in [2.24, 2.45) is 18.4 Å². The lowest BCUT2D eigenvalue weighted by Crippen LogP contribution is -2.41. The molecule has 2 heterocycles. The van der Waals surface area contributed by atoms with Crippen LogP contribution in [0.4, 0.5) is 32.0 Å². The average Bonchev–Trinajstić information content (AvgIpc) is 3.67. The summed E-state index contributed by atoms with van der Waals surface area (Å²) in [4.78, 5) is 18.6. The molecule has 2 aromatic carbocycles. The number of fused-ring (bicyclic) bond motifs is 1. The Bertz CT molecular complexity index is 1500. The molecule has 41 heavy (non-hydrogen) atoms. The van der Waals surface area contributed by atoms with E-state index in [1.54, 1.807) is 34.7 Å². The van der Waals surface area contributed by atoms with Gasteiger partial charge in [-0.1, -0.05) is 40.9 Å². The van der Waals surface area contributed by atoms with Crippen molar-refractivity contribution in [1.82, 2.24) is 14.9 Å². The van der Waals surface area contributed by atoms with E-state index >= 15 is 0 Å². The summed E-state index contributed by atoms with van der Waals surface area (Å²) in [5.74, 6) is -2.00. The molecule has 1 N–H and O–H groups in total. The number of nitrogens with one attached hydrogen (secondary N) is 1. The van der Waals surface area contributed by atoms with Crippen LogP contribution >= 0.6 is 34.8 Å². The van der Waals surface area contributed by atoms with Crippen LogP contribution in [0, 0.1) is 11.3 Å². The molecule has 0 radical (unpaired) electrons. The molecule has 1 atom stereocenters. The molecule has 1 aromatic heterocycles. The number of anilines is 1. The Hall–Kier alpha value is -2.37. The smallest absolute Gasteiger partial charge is 0.370 e. The molecule has 14 heteroatoms. The van der Waals surface area contributed by atoms with Crippen LogP contribution in [0.3, 0.4) is 0 Å². The van der Waals surface area contributed by atoms with Crippen molar-refractivity contribution in [1.29, 1.82) is 0 Å². The van der Waals surface area contributed by atoms with Crippen LogP contribution in [0.5, 0.6) is 0 Å². The summed E-state index contributed by atoms with van der Waals surface area (Å²) in [7, 11) is 1.75. The Labute approximate surface area is 246 Å². The second kappa shape index (κ2) is 10.7. The van der Waals surface area contributed by atoms with Gasteiger partial charge in [0.2, 0.25) is 5.91 Å². The number of aryl methyl sites for hydroxylation is 1. The minimum Gasteiger partial charge on any atom is -0.370 e. The predicted molar refractivity (Wildman–Crippen MR) is 146 cm³/mol. The number of nitrogens with zero attached hydrogens (tertiary/aromatic N) is 3. The molecule has 1 unspecified atom stereocenters. The predicted octanol–water partition coefficient (Wildman–Crippen LogP) is 7.86. The molecular formula is C27H25Cl3F6N4O. The van der Waals surface area contributed by atoms with Gasteiger partial charge in [0, 0.05) is 38.1 Å². The number of benzene rings is 2. The van der Waals surface area contributed by atoms with E-state index in [4.69, 9.17) is 34.8 Å². The Morgan fingerprint density at radius 3 is 2.44 bits per heavy atom. The molecule has 1 amide bonds. The maximum Gasteiger partial charge on any atom is 0.403 e. The Balaban J connectivity index is 1.38. The average molecular weight is 642 g/mol. The summed E-state index contributed by atoms with van der Waals surface area (Å²) in [6, 6.07) is 6.41. The zero-order valence-electron chi connectivity index (χ0n) is 21.7. The van der Waals surface area contributed by atoms with Crippen LogP contribution in [-0.4, -0.2) is 40.9 Å². The number of alkyl halides is 6. The number of piperidine rings is 1. The third kappa shape index (κ3) is 5.69. The van der Waals surface area contributed by atoms with E-state index < -0.39 is 29.6 Å². The first-order valence-corrected chi connectivity index (χ1v) is 14.0. The highest BCUT2D eigenvalue weighted by Gasteiger charge is 2.68. The molecule has 222 valence electrons. The topological polar surface area (TPSA) is 50.2 Å². The van der Waals surface area contributed by atoms with Crippen LogP contribution in [0.25, 0.3) is 11.0 Å². The van der Waals surface area contributed by atoms with Gasteiger partial charge in [-0.25, -0.2) is 4.98 Å². The van der Waals surface area contributed by atoms with Gasteiger partial charge in [0.1, 0.15) is 11.2 Å². The molecule has 5 rings (SSSR count). The minimum atomic E-state index is -4.62. The normalized spacial score (nSPS) is 19.1. The number of halogens is 9. The van der Waals surface area contributed by atoms with Gasteiger partial charge in [0.25, 0.3) is 0 Å². The van der Waals surface area contributed by atoms with Gasteiger partial charge in [-0.05, 0) is 55.0 Å². The van der Waals surface area contributed by atoms with Crippen molar-refractivity contribution < 1.29 is 31.1 Å². The monoisotopic (exact) mass is 640 g/mol. The molecular weight excluding hydrogens is 617 g/mol. The third-order valence-electron chi connectivity index (χ3n) is 8.03. The molecule has 0 bridgehead atoms. The van der Waals surface area contributed by atoms with Crippen molar-refractivity contribution in [3.63, 3.8) is 0 Å². The molecule has 5 nitrogen and oxygen atoms in total. The zero-order chi connectivity index (χ0) is 29.9. The van der Waals surface area contributed by atoms with Crippen LogP contribution < -0.4 is 10.2 Å². The second-order valence-electron chi connectivity index (χ2n) is 10.6. The lowest BCUT2D eigenvalue weighted by atomic mass is 9.97. The fraction of sp³-hybridized carbons (Fsp3) is 0.481. The summed E-state index contributed by atoms with van der Waals surface area (Å²) in [6.45, 7) is 0.0507. The lowest BCUT2D eigenvalue weighted by molar-refractivity contribution is -0.192. The number of aromatic nitrogens is 2. The van der Waals surface area contributed by atoms with Crippen molar-refractivity contribution >= 4 is 57.4 Å². The third-order valence-corrected chi connectivity index (χ3v) is 9.16. The van der Waals surface area contributed by atoms with Crippen LogP contribution in [0.15, 0.2) is 24.3 Å². The second-order valence-corrected chi connectivity index (χ2v) is 11.8. The Kier molecular flexibility index (Phi) is 7.87. The Morgan fingerprint density at radius 2 is 1.80 bits per heavy atom. The summed E-state index contributed by atoms with van der Waals surface area (Å²) in [5.41, 5.74) is 0.175. The number of hydrogen-bond donors (Lipinski definition) is 1.